The number of rotatable bonds is 6. The first-order chi connectivity index (χ1) is 14.5. The zero-order valence-corrected chi connectivity index (χ0v) is 17.4. The molecular formula is C21H25N5O3S. The molecule has 2 saturated heterocycles. The molecule has 2 aliphatic heterocycles. The largest absolute Gasteiger partial charge is 0.350 e. The fourth-order valence-corrected chi connectivity index (χ4v) is 5.43. The molecule has 0 aromatic heterocycles. The van der Waals surface area contributed by atoms with Gasteiger partial charge < -0.3 is 10.6 Å². The van der Waals surface area contributed by atoms with Gasteiger partial charge in [-0.1, -0.05) is 35.9 Å². The lowest BCUT2D eigenvalue weighted by Gasteiger charge is -2.27. The molecule has 8 nitrogen and oxygen atoms in total. The molecule has 1 aliphatic carbocycles. The second kappa shape index (κ2) is 9.01. The molecule has 2 fully saturated rings. The van der Waals surface area contributed by atoms with Gasteiger partial charge in [0.15, 0.2) is 5.78 Å². The summed E-state index contributed by atoms with van der Waals surface area (Å²) in [4.78, 5) is 38.8. The summed E-state index contributed by atoms with van der Waals surface area (Å²) in [6, 6.07) is 6.67. The Bertz CT molecular complexity index is 916. The maximum Gasteiger partial charge on any atom is 0.332 e. The summed E-state index contributed by atoms with van der Waals surface area (Å²) in [5.41, 5.74) is 10.7. The number of hydrogen-bond donors (Lipinski definition) is 3. The van der Waals surface area contributed by atoms with Crippen molar-refractivity contribution in [2.45, 2.75) is 43.0 Å². The summed E-state index contributed by atoms with van der Waals surface area (Å²) >= 11 is 1.49. The van der Waals surface area contributed by atoms with Crippen LogP contribution in [0.5, 0.6) is 0 Å². The number of nitrogens with two attached hydrogens (primary N) is 1. The number of carbonyl (C=O) groups is 3. The molecule has 0 saturated carbocycles. The van der Waals surface area contributed by atoms with Crippen LogP contribution in [0, 0.1) is 0 Å². The van der Waals surface area contributed by atoms with Gasteiger partial charge in [0, 0.05) is 25.1 Å². The van der Waals surface area contributed by atoms with Gasteiger partial charge in [0.25, 0.3) is 0 Å². The molecule has 3 aliphatic rings. The second-order valence-corrected chi connectivity index (χ2v) is 8.86. The van der Waals surface area contributed by atoms with Gasteiger partial charge in [-0.25, -0.2) is 10.2 Å². The van der Waals surface area contributed by atoms with E-state index in [9.17, 15) is 14.4 Å². The Morgan fingerprint density at radius 1 is 1.33 bits per heavy atom. The first-order valence-electron chi connectivity index (χ1n) is 10.1. The third-order valence-electron chi connectivity index (χ3n) is 5.69. The number of nitrogens with one attached hydrogen (secondary N) is 2. The summed E-state index contributed by atoms with van der Waals surface area (Å²) in [5.74, 6) is 0.569. The number of carbonyl (C=O) groups excluding carboxylic acids is 3. The van der Waals surface area contributed by atoms with Crippen LogP contribution in [-0.4, -0.2) is 58.6 Å². The number of fused-ring (bicyclic) bond motifs is 1. The third-order valence-corrected chi connectivity index (χ3v) is 6.92. The smallest absolute Gasteiger partial charge is 0.332 e. The minimum Gasteiger partial charge on any atom is -0.350 e. The number of nitrogens with zero attached hydrogens (tertiary/aromatic N) is 2. The molecule has 3 amide bonds. The molecule has 0 bridgehead atoms. The molecule has 9 heteroatoms. The van der Waals surface area contributed by atoms with Crippen molar-refractivity contribution in [3.8, 4) is 0 Å². The molecule has 0 radical (unpaired) electrons. The van der Waals surface area contributed by atoms with Gasteiger partial charge in [-0.3, -0.25) is 14.9 Å². The van der Waals surface area contributed by atoms with Gasteiger partial charge in [0.1, 0.15) is 6.04 Å². The van der Waals surface area contributed by atoms with Crippen LogP contribution in [-0.2, 0) is 16.0 Å². The molecule has 0 spiro atoms. The Labute approximate surface area is 179 Å². The number of hydrogen-bond acceptors (Lipinski definition) is 6. The summed E-state index contributed by atoms with van der Waals surface area (Å²) in [6.45, 7) is 0.607. The highest BCUT2D eigenvalue weighted by Crippen LogP contribution is 2.31. The van der Waals surface area contributed by atoms with Crippen LogP contribution in [0.4, 0.5) is 4.79 Å². The monoisotopic (exact) mass is 427 g/mol. The number of urea groups is 1. The molecule has 1 aromatic carbocycles. The van der Waals surface area contributed by atoms with E-state index in [1.807, 2.05) is 12.1 Å². The Balaban J connectivity index is 1.39. The predicted octanol–water partition coefficient (Wildman–Crippen LogP) is 1.26. The summed E-state index contributed by atoms with van der Waals surface area (Å²) < 4.78 is 0. The van der Waals surface area contributed by atoms with Crippen molar-refractivity contribution in [3.63, 3.8) is 0 Å². The van der Waals surface area contributed by atoms with Gasteiger partial charge >= 0.3 is 6.03 Å². The zero-order chi connectivity index (χ0) is 21.1. The van der Waals surface area contributed by atoms with Crippen molar-refractivity contribution in [1.82, 2.24) is 15.6 Å². The second-order valence-electron chi connectivity index (χ2n) is 7.73. The van der Waals surface area contributed by atoms with Crippen LogP contribution in [0.1, 0.15) is 30.4 Å². The fraction of sp³-hybridized carbons (Fsp3) is 0.429. The van der Waals surface area contributed by atoms with Gasteiger partial charge in [0.05, 0.1) is 11.3 Å². The van der Waals surface area contributed by atoms with Crippen molar-refractivity contribution < 1.29 is 14.4 Å². The minimum atomic E-state index is -0.745. The van der Waals surface area contributed by atoms with E-state index in [4.69, 9.17) is 5.73 Å². The lowest BCUT2D eigenvalue weighted by atomic mass is 10.0. The number of Topliss-reactive ketones (excluding diaryl/α,β-unsaturated/α-hetero) is 1. The van der Waals surface area contributed by atoms with E-state index < -0.39 is 17.3 Å². The van der Waals surface area contributed by atoms with Crippen LogP contribution in [0.25, 0.3) is 6.08 Å². The molecular weight excluding hydrogens is 402 g/mol. The van der Waals surface area contributed by atoms with Gasteiger partial charge in [-0.15, -0.1) is 11.8 Å². The number of likely N-dealkylation sites (tertiary alicyclic amines) is 1. The Morgan fingerprint density at radius 3 is 2.97 bits per heavy atom. The number of thioether (sulfide) groups is 1. The third kappa shape index (κ3) is 4.41. The molecule has 2 heterocycles. The first-order valence-corrected chi connectivity index (χ1v) is 11.1. The van der Waals surface area contributed by atoms with Crippen molar-refractivity contribution in [1.29, 1.82) is 0 Å². The van der Waals surface area contributed by atoms with E-state index >= 15 is 0 Å². The number of allylic oxidation sites excluding steroid dienone is 1. The normalized spacial score (nSPS) is 25.4. The maximum atomic E-state index is 13.2. The lowest BCUT2D eigenvalue weighted by molar-refractivity contribution is -0.134. The number of amides is 3. The molecule has 1 aromatic rings. The predicted molar refractivity (Wildman–Crippen MR) is 117 cm³/mol. The van der Waals surface area contributed by atoms with Crippen LogP contribution in [0.3, 0.4) is 0 Å². The van der Waals surface area contributed by atoms with Gasteiger partial charge in [-0.2, -0.15) is 5.10 Å². The number of hydrazone groups is 1. The molecule has 1 unspecified atom stereocenters. The van der Waals surface area contributed by atoms with E-state index in [1.54, 1.807) is 4.90 Å². The SMILES string of the molecule is NC(=O)NN=C[C@@H]1CCCN1C(=O)[C@H]1NCSC1C(=O)CC1=Cc2ccccc2C1. The number of primary amides is 1. The quantitative estimate of drug-likeness (QED) is 0.467. The number of ketones is 1. The fourth-order valence-electron chi connectivity index (χ4n) is 4.30. The van der Waals surface area contributed by atoms with Crippen LogP contribution < -0.4 is 16.5 Å². The average Bonchev–Trinajstić information content (AvgIpc) is 3.45. The molecule has 3 atom stereocenters. The highest BCUT2D eigenvalue weighted by Gasteiger charge is 2.42. The van der Waals surface area contributed by atoms with E-state index in [0.29, 0.717) is 18.8 Å². The Hall–Kier alpha value is -2.65. The zero-order valence-electron chi connectivity index (χ0n) is 16.5. The van der Waals surface area contributed by atoms with Crippen molar-refractivity contribution in [3.05, 3.63) is 41.0 Å². The van der Waals surface area contributed by atoms with Crippen LogP contribution in [0.15, 0.2) is 34.9 Å². The standard InChI is InChI=1S/C21H25N5O3S/c22-21(29)25-24-11-16-6-3-7-26(16)20(28)18-19(30-12-23-18)17(27)10-13-8-14-4-1-2-5-15(14)9-13/h1-2,4-5,8,11,16,18-19,23H,3,6-7,9-10,12H2,(H3,22,25,29)/t16-,18-,19?/m0/s1. The first kappa shape index (κ1) is 20.6. The van der Waals surface area contributed by atoms with E-state index in [-0.39, 0.29) is 17.7 Å². The van der Waals surface area contributed by atoms with E-state index in [2.05, 4.69) is 34.1 Å². The molecule has 30 heavy (non-hydrogen) atoms. The van der Waals surface area contributed by atoms with Gasteiger partial charge in [-0.05, 0) is 30.4 Å². The molecule has 4 N–H and O–H groups in total. The van der Waals surface area contributed by atoms with E-state index in [0.717, 1.165) is 24.8 Å². The average molecular weight is 428 g/mol. The molecule has 158 valence electrons. The minimum absolute atomic E-state index is 0.0854. The van der Waals surface area contributed by atoms with Crippen LogP contribution in [0.2, 0.25) is 0 Å². The Morgan fingerprint density at radius 2 is 2.17 bits per heavy atom. The lowest BCUT2D eigenvalue weighted by Crippen LogP contribution is -2.51. The van der Waals surface area contributed by atoms with Gasteiger partial charge in [0.2, 0.25) is 5.91 Å². The highest BCUT2D eigenvalue weighted by atomic mass is 32.2. The highest BCUT2D eigenvalue weighted by molar-refractivity contribution is 8.00. The maximum absolute atomic E-state index is 13.2. The molecule has 4 rings (SSSR count). The van der Waals surface area contributed by atoms with Crippen molar-refractivity contribution in [2.24, 2.45) is 10.8 Å². The van der Waals surface area contributed by atoms with Crippen molar-refractivity contribution >= 4 is 41.8 Å². The topological polar surface area (TPSA) is 117 Å². The number of benzene rings is 1. The van der Waals surface area contributed by atoms with Crippen LogP contribution >= 0.6 is 11.8 Å². The summed E-state index contributed by atoms with van der Waals surface area (Å²) in [5, 5.41) is 6.61. The van der Waals surface area contributed by atoms with Crippen molar-refractivity contribution in [2.75, 3.05) is 12.4 Å². The summed E-state index contributed by atoms with van der Waals surface area (Å²) in [6.07, 6.45) is 6.40. The van der Waals surface area contributed by atoms with E-state index in [1.165, 1.54) is 29.1 Å². The Kier molecular flexibility index (Phi) is 6.19. The summed E-state index contributed by atoms with van der Waals surface area (Å²) in [7, 11) is 0.